The zero-order valence-corrected chi connectivity index (χ0v) is 14.6. The highest BCUT2D eigenvalue weighted by Crippen LogP contribution is 2.34. The minimum Gasteiger partial charge on any atom is -0.494 e. The van der Waals surface area contributed by atoms with E-state index in [0.717, 1.165) is 0 Å². The summed E-state index contributed by atoms with van der Waals surface area (Å²) in [5.74, 6) is 0.365. The van der Waals surface area contributed by atoms with Crippen LogP contribution in [0.4, 0.5) is 5.69 Å². The van der Waals surface area contributed by atoms with Gasteiger partial charge in [-0.05, 0) is 19.1 Å². The first-order chi connectivity index (χ1) is 11.6. The number of rotatable bonds is 7. The Kier molecular flexibility index (Phi) is 6.43. The first-order valence-corrected chi connectivity index (χ1v) is 8.56. The van der Waals surface area contributed by atoms with Gasteiger partial charge in [-0.2, -0.15) is 0 Å². The average Bonchev–Trinajstić information content (AvgIpc) is 2.85. The second kappa shape index (κ2) is 8.54. The van der Waals surface area contributed by atoms with E-state index in [4.69, 9.17) is 4.74 Å². The molecule has 1 fully saturated rings. The van der Waals surface area contributed by atoms with Gasteiger partial charge in [0, 0.05) is 19.5 Å². The predicted molar refractivity (Wildman–Crippen MR) is 96.7 cm³/mol. The van der Waals surface area contributed by atoms with Crippen LogP contribution in [0.1, 0.15) is 13.3 Å². The number of methoxy groups -OCH3 is 1. The van der Waals surface area contributed by atoms with E-state index in [2.05, 4.69) is 16.9 Å². The molecule has 6 nitrogen and oxygen atoms in total. The number of carbonyl (C=O) groups excluding carboxylic acids is 2. The quantitative estimate of drug-likeness (QED) is 0.769. The van der Waals surface area contributed by atoms with Gasteiger partial charge in [0.25, 0.3) is 0 Å². The summed E-state index contributed by atoms with van der Waals surface area (Å²) in [7, 11) is 1.57. The number of nitrogens with one attached hydrogen (secondary N) is 1. The average molecular weight is 347 g/mol. The van der Waals surface area contributed by atoms with Crippen LogP contribution in [-0.4, -0.2) is 47.3 Å². The van der Waals surface area contributed by atoms with E-state index < -0.39 is 5.25 Å². The van der Waals surface area contributed by atoms with Crippen molar-refractivity contribution in [2.45, 2.75) is 18.6 Å². The molecular formula is C17H21N3O3S. The lowest BCUT2D eigenvalue weighted by Crippen LogP contribution is -2.34. The third-order valence-corrected chi connectivity index (χ3v) is 4.55. The number of aliphatic imine (C=N–C) groups is 1. The zero-order valence-electron chi connectivity index (χ0n) is 13.8. The van der Waals surface area contributed by atoms with Crippen molar-refractivity contribution in [1.29, 1.82) is 0 Å². The lowest BCUT2D eigenvalue weighted by atomic mass is 10.2. The Hall–Kier alpha value is -2.28. The predicted octanol–water partition coefficient (Wildman–Crippen LogP) is 2.34. The Balaban J connectivity index is 2.27. The van der Waals surface area contributed by atoms with E-state index in [1.165, 1.54) is 11.8 Å². The molecule has 1 aromatic rings. The first-order valence-electron chi connectivity index (χ1n) is 7.68. The molecule has 0 saturated carbocycles. The molecule has 128 valence electrons. The summed E-state index contributed by atoms with van der Waals surface area (Å²) in [5.41, 5.74) is 0.642. The summed E-state index contributed by atoms with van der Waals surface area (Å²) in [4.78, 5) is 30.5. The number of benzene rings is 1. The molecular weight excluding hydrogens is 326 g/mol. The molecule has 0 spiro atoms. The van der Waals surface area contributed by atoms with Crippen molar-refractivity contribution in [3.63, 3.8) is 0 Å². The van der Waals surface area contributed by atoms with Gasteiger partial charge in [-0.15, -0.1) is 6.58 Å². The Morgan fingerprint density at radius 3 is 2.92 bits per heavy atom. The van der Waals surface area contributed by atoms with E-state index in [-0.39, 0.29) is 18.2 Å². The van der Waals surface area contributed by atoms with E-state index in [1.54, 1.807) is 18.1 Å². The van der Waals surface area contributed by atoms with Gasteiger partial charge in [-0.1, -0.05) is 30.0 Å². The fraction of sp³-hybridized carbons (Fsp3) is 0.353. The van der Waals surface area contributed by atoms with Crippen molar-refractivity contribution in [2.75, 3.05) is 20.2 Å². The summed E-state index contributed by atoms with van der Waals surface area (Å²) in [6.45, 7) is 6.43. The lowest BCUT2D eigenvalue weighted by molar-refractivity contribution is -0.129. The Morgan fingerprint density at radius 2 is 2.25 bits per heavy atom. The SMILES string of the molecule is C=CCN1C(=O)[C@H](CC(=O)NCC)SC1=Nc1ccccc1OC. The molecule has 1 aliphatic rings. The number of amidine groups is 1. The van der Waals surface area contributed by atoms with Crippen LogP contribution in [-0.2, 0) is 9.59 Å². The summed E-state index contributed by atoms with van der Waals surface area (Å²) >= 11 is 1.30. The second-order valence-corrected chi connectivity index (χ2v) is 6.24. The largest absolute Gasteiger partial charge is 0.494 e. The van der Waals surface area contributed by atoms with E-state index in [0.29, 0.717) is 29.7 Å². The van der Waals surface area contributed by atoms with Crippen LogP contribution in [0, 0.1) is 0 Å². The summed E-state index contributed by atoms with van der Waals surface area (Å²) in [6, 6.07) is 7.34. The van der Waals surface area contributed by atoms with E-state index in [1.807, 2.05) is 31.2 Å². The fourth-order valence-corrected chi connectivity index (χ4v) is 3.45. The maximum Gasteiger partial charge on any atom is 0.242 e. The molecule has 1 atom stereocenters. The van der Waals surface area contributed by atoms with Crippen LogP contribution >= 0.6 is 11.8 Å². The van der Waals surface area contributed by atoms with E-state index in [9.17, 15) is 9.59 Å². The van der Waals surface area contributed by atoms with Gasteiger partial charge in [-0.3, -0.25) is 14.5 Å². The molecule has 2 amide bonds. The second-order valence-electron chi connectivity index (χ2n) is 5.07. The molecule has 0 aliphatic carbocycles. The van der Waals surface area contributed by atoms with Gasteiger partial charge >= 0.3 is 0 Å². The highest BCUT2D eigenvalue weighted by atomic mass is 32.2. The normalized spacial score (nSPS) is 18.8. The molecule has 24 heavy (non-hydrogen) atoms. The zero-order chi connectivity index (χ0) is 17.5. The van der Waals surface area contributed by atoms with Crippen LogP contribution < -0.4 is 10.1 Å². The number of thioether (sulfide) groups is 1. The number of amides is 2. The van der Waals surface area contributed by atoms with E-state index >= 15 is 0 Å². The smallest absolute Gasteiger partial charge is 0.242 e. The Labute approximate surface area is 146 Å². The molecule has 0 aromatic heterocycles. The van der Waals surface area contributed by atoms with Crippen molar-refractivity contribution >= 4 is 34.4 Å². The first kappa shape index (κ1) is 18.1. The number of carbonyl (C=O) groups is 2. The molecule has 2 rings (SSSR count). The Morgan fingerprint density at radius 1 is 1.50 bits per heavy atom. The molecule has 1 heterocycles. The number of hydrogen-bond acceptors (Lipinski definition) is 5. The van der Waals surface area contributed by atoms with Gasteiger partial charge in [0.15, 0.2) is 5.17 Å². The number of ether oxygens (including phenoxy) is 1. The summed E-state index contributed by atoms with van der Waals surface area (Å²) < 4.78 is 5.30. The van der Waals surface area contributed by atoms with Crippen LogP contribution in [0.5, 0.6) is 5.75 Å². The third-order valence-electron chi connectivity index (χ3n) is 3.38. The molecule has 0 radical (unpaired) electrons. The van der Waals surface area contributed by atoms with Gasteiger partial charge in [0.05, 0.1) is 7.11 Å². The highest BCUT2D eigenvalue weighted by Gasteiger charge is 2.38. The topological polar surface area (TPSA) is 71.0 Å². The minimum atomic E-state index is -0.468. The molecule has 1 aromatic carbocycles. The molecule has 1 saturated heterocycles. The number of hydrogen-bond donors (Lipinski definition) is 1. The van der Waals surface area contributed by atoms with Crippen molar-refractivity contribution in [3.8, 4) is 5.75 Å². The van der Waals surface area contributed by atoms with Crippen molar-refractivity contribution in [1.82, 2.24) is 10.2 Å². The standard InChI is InChI=1S/C17H21N3O3S/c1-4-10-20-16(22)14(11-15(21)18-5-2)24-17(20)19-12-8-6-7-9-13(12)23-3/h4,6-9,14H,1,5,10-11H2,2-3H3,(H,18,21)/t14-/m0/s1. The van der Waals surface area contributed by atoms with Crippen LogP contribution in [0.3, 0.4) is 0 Å². The third kappa shape index (κ3) is 4.17. The number of nitrogens with zero attached hydrogens (tertiary/aromatic N) is 2. The van der Waals surface area contributed by atoms with Crippen LogP contribution in [0.15, 0.2) is 41.9 Å². The summed E-state index contributed by atoms with van der Waals surface area (Å²) in [6.07, 6.45) is 1.78. The minimum absolute atomic E-state index is 0.125. The van der Waals surface area contributed by atoms with Crippen molar-refractivity contribution in [3.05, 3.63) is 36.9 Å². The fourth-order valence-electron chi connectivity index (χ4n) is 2.29. The summed E-state index contributed by atoms with van der Waals surface area (Å²) in [5, 5.41) is 2.81. The van der Waals surface area contributed by atoms with Crippen LogP contribution in [0.2, 0.25) is 0 Å². The molecule has 7 heteroatoms. The molecule has 0 bridgehead atoms. The molecule has 1 aliphatic heterocycles. The van der Waals surface area contributed by atoms with Gasteiger partial charge in [-0.25, -0.2) is 4.99 Å². The molecule has 0 unspecified atom stereocenters. The maximum atomic E-state index is 12.6. The number of para-hydroxylation sites is 2. The van der Waals surface area contributed by atoms with Gasteiger partial charge in [0.1, 0.15) is 16.7 Å². The maximum absolute atomic E-state index is 12.6. The van der Waals surface area contributed by atoms with Crippen LogP contribution in [0.25, 0.3) is 0 Å². The lowest BCUT2D eigenvalue weighted by Gasteiger charge is -2.14. The molecule has 1 N–H and O–H groups in total. The van der Waals surface area contributed by atoms with Gasteiger partial charge < -0.3 is 10.1 Å². The van der Waals surface area contributed by atoms with Gasteiger partial charge in [0.2, 0.25) is 11.8 Å². The van der Waals surface area contributed by atoms with Crippen molar-refractivity contribution in [2.24, 2.45) is 4.99 Å². The van der Waals surface area contributed by atoms with Crippen molar-refractivity contribution < 1.29 is 14.3 Å². The Bertz CT molecular complexity index is 660. The monoisotopic (exact) mass is 347 g/mol. The highest BCUT2D eigenvalue weighted by molar-refractivity contribution is 8.15.